The van der Waals surface area contributed by atoms with E-state index < -0.39 is 0 Å². The fourth-order valence-electron chi connectivity index (χ4n) is 2.24. The molecule has 0 amide bonds. The summed E-state index contributed by atoms with van der Waals surface area (Å²) in [5.41, 5.74) is 1.85. The first kappa shape index (κ1) is 14.7. The molecule has 0 aliphatic heterocycles. The van der Waals surface area contributed by atoms with Crippen molar-refractivity contribution >= 4 is 0 Å². The van der Waals surface area contributed by atoms with Gasteiger partial charge >= 0.3 is 0 Å². The maximum absolute atomic E-state index is 9.01. The summed E-state index contributed by atoms with van der Waals surface area (Å²) >= 11 is 0. The zero-order chi connectivity index (χ0) is 15.0. The molecular formula is C17H16N4. The first-order valence-corrected chi connectivity index (χ1v) is 6.88. The first-order valence-electron chi connectivity index (χ1n) is 6.88. The topological polar surface area (TPSA) is 73.4 Å². The predicted octanol–water partition coefficient (Wildman–Crippen LogP) is 3.17. The van der Waals surface area contributed by atoms with Crippen molar-refractivity contribution in [2.24, 2.45) is 0 Å². The number of hydrogen-bond acceptors (Lipinski definition) is 4. The van der Waals surface area contributed by atoms with Gasteiger partial charge in [-0.25, -0.2) is 0 Å². The summed E-state index contributed by atoms with van der Waals surface area (Å²) in [5.74, 6) is 0. The van der Waals surface area contributed by atoms with Crippen molar-refractivity contribution in [3.8, 4) is 12.1 Å². The fourth-order valence-corrected chi connectivity index (χ4v) is 2.24. The Balaban J connectivity index is 0.000000161. The zero-order valence-corrected chi connectivity index (χ0v) is 11.7. The minimum Gasteiger partial charge on any atom is -0.264 e. The molecule has 4 nitrogen and oxygen atoms in total. The van der Waals surface area contributed by atoms with Crippen LogP contribution in [0.2, 0.25) is 0 Å². The lowest BCUT2D eigenvalue weighted by molar-refractivity contribution is 0.323. The van der Waals surface area contributed by atoms with Gasteiger partial charge in [0.05, 0.1) is 24.0 Å². The van der Waals surface area contributed by atoms with Crippen LogP contribution in [0.15, 0.2) is 49.1 Å². The van der Waals surface area contributed by atoms with E-state index in [1.54, 1.807) is 18.6 Å². The van der Waals surface area contributed by atoms with Crippen LogP contribution in [0.5, 0.6) is 0 Å². The van der Waals surface area contributed by atoms with Gasteiger partial charge in [0.25, 0.3) is 0 Å². The number of rotatable bonds is 2. The van der Waals surface area contributed by atoms with Crippen molar-refractivity contribution < 1.29 is 0 Å². The van der Waals surface area contributed by atoms with Crippen LogP contribution in [0.4, 0.5) is 0 Å². The van der Waals surface area contributed by atoms with Gasteiger partial charge < -0.3 is 0 Å². The minimum absolute atomic E-state index is 0.200. The molecule has 21 heavy (non-hydrogen) atoms. The van der Waals surface area contributed by atoms with Gasteiger partial charge in [-0.15, -0.1) is 0 Å². The Kier molecular flexibility index (Phi) is 5.01. The third-order valence-electron chi connectivity index (χ3n) is 3.64. The molecule has 1 aliphatic carbocycles. The second-order valence-corrected chi connectivity index (χ2v) is 4.99. The Morgan fingerprint density at radius 2 is 1.76 bits per heavy atom. The standard InChI is InChI=1S/C10H10N2.C7H6N2/c11-8-10(4-2-5-10)9-3-1-6-12-7-9;8-4-3-7-2-1-5-9-6-7/h1,3,6-7H,2,4-5H2;1-2,5-6H,3H2. The monoisotopic (exact) mass is 276 g/mol. The van der Waals surface area contributed by atoms with Crippen LogP contribution in [0.1, 0.15) is 30.4 Å². The summed E-state index contributed by atoms with van der Waals surface area (Å²) in [6.07, 6.45) is 10.6. The molecule has 0 aromatic carbocycles. The van der Waals surface area contributed by atoms with Crippen LogP contribution < -0.4 is 0 Å². The summed E-state index contributed by atoms with van der Waals surface area (Å²) in [7, 11) is 0. The van der Waals surface area contributed by atoms with E-state index in [9.17, 15) is 0 Å². The SMILES string of the molecule is N#CC1(c2cccnc2)CCC1.N#CCc1cccnc1. The van der Waals surface area contributed by atoms with Crippen LogP contribution in [0.25, 0.3) is 0 Å². The second kappa shape index (κ2) is 7.17. The number of nitriles is 2. The summed E-state index contributed by atoms with van der Waals surface area (Å²) in [5, 5.41) is 17.3. The highest BCUT2D eigenvalue weighted by Gasteiger charge is 2.38. The molecule has 2 heterocycles. The van der Waals surface area contributed by atoms with E-state index in [0.29, 0.717) is 6.42 Å². The Labute approximate surface area is 124 Å². The molecule has 0 N–H and O–H groups in total. The molecule has 1 saturated carbocycles. The van der Waals surface area contributed by atoms with E-state index in [-0.39, 0.29) is 5.41 Å². The molecule has 1 fully saturated rings. The van der Waals surface area contributed by atoms with Crippen molar-refractivity contribution in [2.45, 2.75) is 31.1 Å². The molecule has 0 saturated heterocycles. The molecule has 0 radical (unpaired) electrons. The zero-order valence-electron chi connectivity index (χ0n) is 11.7. The molecule has 104 valence electrons. The molecule has 2 aromatic rings. The maximum Gasteiger partial charge on any atom is 0.0837 e. The van der Waals surface area contributed by atoms with Crippen molar-refractivity contribution in [1.82, 2.24) is 9.97 Å². The van der Waals surface area contributed by atoms with Crippen molar-refractivity contribution in [1.29, 1.82) is 10.5 Å². The van der Waals surface area contributed by atoms with Gasteiger partial charge in [-0.3, -0.25) is 9.97 Å². The van der Waals surface area contributed by atoms with Crippen LogP contribution >= 0.6 is 0 Å². The Hall–Kier alpha value is -2.72. The van der Waals surface area contributed by atoms with Crippen LogP contribution in [0.3, 0.4) is 0 Å². The molecule has 4 heteroatoms. The average Bonchev–Trinajstić information content (AvgIpc) is 2.50. The van der Waals surface area contributed by atoms with E-state index in [4.69, 9.17) is 10.5 Å². The van der Waals surface area contributed by atoms with E-state index in [2.05, 4.69) is 16.0 Å². The molecular weight excluding hydrogens is 260 g/mol. The van der Waals surface area contributed by atoms with Crippen molar-refractivity contribution in [3.05, 3.63) is 60.2 Å². The van der Waals surface area contributed by atoms with Crippen LogP contribution in [-0.4, -0.2) is 9.97 Å². The Morgan fingerprint density at radius 1 is 1.05 bits per heavy atom. The maximum atomic E-state index is 9.01. The van der Waals surface area contributed by atoms with Gasteiger partial charge in [0.1, 0.15) is 0 Å². The van der Waals surface area contributed by atoms with Crippen molar-refractivity contribution in [3.63, 3.8) is 0 Å². The molecule has 0 atom stereocenters. The normalized spacial score (nSPS) is 14.6. The van der Waals surface area contributed by atoms with E-state index in [1.165, 1.54) is 6.42 Å². The quantitative estimate of drug-likeness (QED) is 0.844. The van der Waals surface area contributed by atoms with Crippen molar-refractivity contribution in [2.75, 3.05) is 0 Å². The van der Waals surface area contributed by atoms with Crippen LogP contribution in [0, 0.1) is 22.7 Å². The minimum atomic E-state index is -0.200. The Bertz CT molecular complexity index is 634. The Morgan fingerprint density at radius 3 is 2.19 bits per heavy atom. The number of pyridine rings is 2. The smallest absolute Gasteiger partial charge is 0.0837 e. The molecule has 0 unspecified atom stereocenters. The predicted molar refractivity (Wildman–Crippen MR) is 78.9 cm³/mol. The molecule has 3 rings (SSSR count). The average molecular weight is 276 g/mol. The summed E-state index contributed by atoms with van der Waals surface area (Å²) in [6.45, 7) is 0. The van der Waals surface area contributed by atoms with E-state index in [0.717, 1.165) is 24.0 Å². The fraction of sp³-hybridized carbons (Fsp3) is 0.294. The van der Waals surface area contributed by atoms with Gasteiger partial charge in [0.15, 0.2) is 0 Å². The first-order chi connectivity index (χ1) is 10.3. The van der Waals surface area contributed by atoms with Crippen LogP contribution in [-0.2, 0) is 11.8 Å². The molecule has 2 aromatic heterocycles. The van der Waals surface area contributed by atoms with Gasteiger partial charge in [-0.2, -0.15) is 10.5 Å². The van der Waals surface area contributed by atoms with E-state index in [1.807, 2.05) is 36.5 Å². The summed E-state index contributed by atoms with van der Waals surface area (Å²) in [4.78, 5) is 7.88. The molecule has 1 aliphatic rings. The number of hydrogen-bond donors (Lipinski definition) is 0. The van der Waals surface area contributed by atoms with Gasteiger partial charge in [0.2, 0.25) is 0 Å². The van der Waals surface area contributed by atoms with Gasteiger partial charge in [-0.1, -0.05) is 12.1 Å². The largest absolute Gasteiger partial charge is 0.264 e. The second-order valence-electron chi connectivity index (χ2n) is 4.99. The number of nitrogens with zero attached hydrogens (tertiary/aromatic N) is 4. The van der Waals surface area contributed by atoms with E-state index >= 15 is 0 Å². The lowest BCUT2D eigenvalue weighted by Gasteiger charge is -2.35. The van der Waals surface area contributed by atoms with Gasteiger partial charge in [-0.05, 0) is 42.5 Å². The van der Waals surface area contributed by atoms with Gasteiger partial charge in [0, 0.05) is 24.8 Å². The molecule has 0 spiro atoms. The summed E-state index contributed by atoms with van der Waals surface area (Å²) in [6, 6.07) is 12.0. The third kappa shape index (κ3) is 3.64. The lowest BCUT2D eigenvalue weighted by atomic mass is 9.66. The lowest BCUT2D eigenvalue weighted by Crippen LogP contribution is -2.32. The number of aromatic nitrogens is 2. The highest BCUT2D eigenvalue weighted by Crippen LogP contribution is 2.42. The highest BCUT2D eigenvalue weighted by atomic mass is 14.6. The highest BCUT2D eigenvalue weighted by molar-refractivity contribution is 5.32. The molecule has 0 bridgehead atoms. The summed E-state index contributed by atoms with van der Waals surface area (Å²) < 4.78 is 0. The third-order valence-corrected chi connectivity index (χ3v) is 3.64.